The first-order valence-corrected chi connectivity index (χ1v) is 38.1. The molecule has 5 heterocycles. The van der Waals surface area contributed by atoms with E-state index in [9.17, 15) is 0 Å². The largest absolute Gasteiger partial charge is 0.335 e. The van der Waals surface area contributed by atoms with Crippen molar-refractivity contribution in [3.05, 3.63) is 373 Å². The molecule has 528 valence electrons. The lowest BCUT2D eigenvalue weighted by Crippen LogP contribution is -2.38. The van der Waals surface area contributed by atoms with Gasteiger partial charge in [-0.3, -0.25) is 0 Å². The molecule has 0 radical (unpaired) electrons. The first kappa shape index (κ1) is 70.5. The average Bonchev–Trinajstić information content (AvgIpc) is 1.61. The lowest BCUT2D eigenvalue weighted by atomic mass is 9.97. The summed E-state index contributed by atoms with van der Waals surface area (Å²) in [5.74, 6) is 2.09. The Morgan fingerprint density at radius 3 is 1.07 bits per heavy atom. The Morgan fingerprint density at radius 2 is 0.570 bits per heavy atom. The van der Waals surface area contributed by atoms with Crippen LogP contribution in [0.25, 0.3) is 122 Å². The van der Waals surface area contributed by atoms with Gasteiger partial charge in [-0.25, -0.2) is 0 Å². The summed E-state index contributed by atoms with van der Waals surface area (Å²) in [5.41, 5.74) is 25.9. The van der Waals surface area contributed by atoms with Gasteiger partial charge in [0.25, 0.3) is 0 Å². The lowest BCUT2D eigenvalue weighted by Gasteiger charge is -2.38. The summed E-state index contributed by atoms with van der Waals surface area (Å²) in [6.07, 6.45) is 4.42. The molecule has 5 heteroatoms. The second kappa shape index (κ2) is 30.5. The number of rotatable bonds is 8. The molecule has 0 bridgehead atoms. The monoisotopic (exact) mass is 1390 g/mol. The topological polar surface area (TPSA) is 23.0 Å². The van der Waals surface area contributed by atoms with Crippen LogP contribution in [0.5, 0.6) is 0 Å². The smallest absolute Gasteiger partial charge is 0.0575 e. The van der Waals surface area contributed by atoms with E-state index in [0.717, 1.165) is 0 Å². The van der Waals surface area contributed by atoms with Crippen LogP contribution < -0.4 is 4.90 Å². The second-order valence-corrected chi connectivity index (χ2v) is 30.4. The maximum atomic E-state index is 2.43. The van der Waals surface area contributed by atoms with E-state index in [-0.39, 0.29) is 5.54 Å². The highest BCUT2D eigenvalue weighted by Gasteiger charge is 2.28. The van der Waals surface area contributed by atoms with Gasteiger partial charge >= 0.3 is 0 Å². The van der Waals surface area contributed by atoms with E-state index in [4.69, 9.17) is 0 Å². The Labute approximate surface area is 631 Å². The maximum absolute atomic E-state index is 2.43. The van der Waals surface area contributed by atoms with Gasteiger partial charge < -0.3 is 23.2 Å². The van der Waals surface area contributed by atoms with Crippen LogP contribution in [-0.2, 0) is 0 Å². The Bertz CT molecular complexity index is 6060. The molecule has 0 unspecified atom stereocenters. The van der Waals surface area contributed by atoms with Gasteiger partial charge in [-0.1, -0.05) is 298 Å². The predicted molar refractivity (Wildman–Crippen MR) is 463 cm³/mol. The molecule has 18 aromatic rings. The van der Waals surface area contributed by atoms with Gasteiger partial charge in [-0.05, 0) is 187 Å². The normalized spacial score (nSPS) is 12.0. The minimum Gasteiger partial charge on any atom is -0.335 e. The van der Waals surface area contributed by atoms with Crippen molar-refractivity contribution in [1.82, 2.24) is 18.3 Å². The van der Waals surface area contributed by atoms with Crippen LogP contribution in [0.3, 0.4) is 0 Å². The minimum absolute atomic E-state index is 0.0399. The fourth-order valence-corrected chi connectivity index (χ4v) is 15.8. The number of hydrogen-bond donors (Lipinski definition) is 0. The molecule has 0 spiro atoms. The molecule has 19 rings (SSSR count). The van der Waals surface area contributed by atoms with E-state index in [1.807, 2.05) is 0 Å². The molecule has 1 aliphatic rings. The van der Waals surface area contributed by atoms with Crippen molar-refractivity contribution in [2.75, 3.05) is 4.90 Å². The number of benzene rings is 14. The maximum Gasteiger partial charge on any atom is 0.0575 e. The summed E-state index contributed by atoms with van der Waals surface area (Å²) in [6.45, 7) is 24.8. The number of hydrogen-bond acceptors (Lipinski definition) is 1. The van der Waals surface area contributed by atoms with Crippen molar-refractivity contribution < 1.29 is 0 Å². The highest BCUT2D eigenvalue weighted by atomic mass is 15.2. The van der Waals surface area contributed by atoms with Crippen molar-refractivity contribution in [3.8, 4) is 22.7 Å². The van der Waals surface area contributed by atoms with Gasteiger partial charge in [0.1, 0.15) is 0 Å². The fourth-order valence-electron chi connectivity index (χ4n) is 15.8. The van der Waals surface area contributed by atoms with Gasteiger partial charge in [0.05, 0.1) is 44.1 Å². The average molecular weight is 1390 g/mol. The molecular formula is C102H95N5. The van der Waals surface area contributed by atoms with Gasteiger partial charge in [0, 0.05) is 82.8 Å². The summed E-state index contributed by atoms with van der Waals surface area (Å²) in [6, 6.07) is 121. The molecule has 0 atom stereocenters. The van der Waals surface area contributed by atoms with Crippen molar-refractivity contribution in [3.63, 3.8) is 0 Å². The number of fused-ring (bicyclic) bond motifs is 14. The van der Waals surface area contributed by atoms with Crippen LogP contribution in [0.4, 0.5) is 11.4 Å². The van der Waals surface area contributed by atoms with E-state index in [0.29, 0.717) is 23.7 Å². The zero-order valence-corrected chi connectivity index (χ0v) is 63.5. The molecule has 0 saturated heterocycles. The number of aromatic nitrogens is 4. The summed E-state index contributed by atoms with van der Waals surface area (Å²) < 4.78 is 9.50. The quantitative estimate of drug-likeness (QED) is 0.149. The molecule has 5 nitrogen and oxygen atoms in total. The van der Waals surface area contributed by atoms with E-state index in [1.54, 1.807) is 0 Å². The Hall–Kier alpha value is -12.2. The van der Waals surface area contributed by atoms with Crippen molar-refractivity contribution in [1.29, 1.82) is 0 Å². The molecule has 0 fully saturated rings. The van der Waals surface area contributed by atoms with E-state index >= 15 is 0 Å². The first-order chi connectivity index (χ1) is 52.1. The Morgan fingerprint density at radius 1 is 0.234 bits per heavy atom. The van der Waals surface area contributed by atoms with Crippen LogP contribution in [0, 0.1) is 0 Å². The fraction of sp³-hybridized carbons (Fsp3) is 0.157. The Balaban J connectivity index is 0.000000107. The first-order valence-electron chi connectivity index (χ1n) is 38.1. The summed E-state index contributed by atoms with van der Waals surface area (Å²) in [4.78, 5) is 2.43. The summed E-state index contributed by atoms with van der Waals surface area (Å²) in [5, 5.41) is 10.7. The van der Waals surface area contributed by atoms with Crippen molar-refractivity contribution in [2.24, 2.45) is 0 Å². The standard InChI is InChI=1S/4C21H19N.C18H19N/c1-15(2)17-12-8-13-19-18-11-6-7-14-20(18)22(21(17)19)16-9-4-3-5-10-16;1-15(2)17-12-8-14-20-21(17)18-11-6-7-13-19(18)22(20)16-9-4-3-5-10-16;1-15(2)16-12-13-21-19(14-16)18-10-6-7-11-20(18)22(21)17-8-4-3-5-9-17;1-15(2)16-12-13-19-18-10-6-7-11-20(18)22(21(19)14-16)17-8-4-3-5-9-17;1-18(2,3)19-16-10-6-4-8-14(16)12-13-15-9-5-7-11-17(15)19/h4*3-15H,1-2H3;4-13H,1-3H3. The third kappa shape index (κ3) is 13.9. The van der Waals surface area contributed by atoms with E-state index in [2.05, 4.69) is 451 Å². The molecular weight excluding hydrogens is 1300 g/mol. The molecule has 0 aliphatic carbocycles. The van der Waals surface area contributed by atoms with Crippen LogP contribution in [0.2, 0.25) is 0 Å². The minimum atomic E-state index is 0.0399. The van der Waals surface area contributed by atoms with Gasteiger partial charge in [-0.2, -0.15) is 0 Å². The molecule has 0 amide bonds. The number of nitrogens with zero attached hydrogens (tertiary/aromatic N) is 5. The molecule has 1 aliphatic heterocycles. The van der Waals surface area contributed by atoms with Crippen LogP contribution in [-0.4, -0.2) is 23.8 Å². The molecule has 0 N–H and O–H groups in total. The van der Waals surface area contributed by atoms with Crippen LogP contribution in [0.15, 0.2) is 340 Å². The highest BCUT2D eigenvalue weighted by Crippen LogP contribution is 2.43. The molecule has 14 aromatic carbocycles. The molecule has 0 saturated carbocycles. The van der Waals surface area contributed by atoms with E-state index < -0.39 is 0 Å². The molecule has 4 aromatic heterocycles. The van der Waals surface area contributed by atoms with Crippen LogP contribution >= 0.6 is 0 Å². The number of anilines is 2. The number of para-hydroxylation sites is 11. The lowest BCUT2D eigenvalue weighted by molar-refractivity contribution is 0.560. The molecule has 107 heavy (non-hydrogen) atoms. The van der Waals surface area contributed by atoms with Gasteiger partial charge in [0.2, 0.25) is 0 Å². The van der Waals surface area contributed by atoms with Crippen molar-refractivity contribution >= 4 is 111 Å². The van der Waals surface area contributed by atoms with Crippen molar-refractivity contribution in [2.45, 2.75) is 105 Å². The zero-order valence-electron chi connectivity index (χ0n) is 63.5. The van der Waals surface area contributed by atoms with Gasteiger partial charge in [0.15, 0.2) is 0 Å². The Kier molecular flexibility index (Phi) is 20.1. The van der Waals surface area contributed by atoms with Gasteiger partial charge in [-0.15, -0.1) is 0 Å². The summed E-state index contributed by atoms with van der Waals surface area (Å²) >= 11 is 0. The second-order valence-electron chi connectivity index (χ2n) is 30.4. The van der Waals surface area contributed by atoms with E-state index in [1.165, 1.54) is 155 Å². The third-order valence-electron chi connectivity index (χ3n) is 21.0. The third-order valence-corrected chi connectivity index (χ3v) is 21.0. The highest BCUT2D eigenvalue weighted by molar-refractivity contribution is 6.13. The summed E-state index contributed by atoms with van der Waals surface area (Å²) in [7, 11) is 0. The predicted octanol–water partition coefficient (Wildman–Crippen LogP) is 28.7. The zero-order chi connectivity index (χ0) is 73.9. The SMILES string of the molecule is CC(C)(C)N1c2ccccc2C=Cc2ccccc21.CC(C)c1ccc2c(c1)c1ccccc1n2-c1ccccc1.CC(C)c1ccc2c3ccccc3n(-c3ccccc3)c2c1.CC(C)c1cccc2c1c1ccccc1n2-c1ccccc1.CC(C)c1cccc2c3ccccc3n(-c3ccccc3)c12. The van der Waals surface area contributed by atoms with Crippen LogP contribution in [0.1, 0.15) is 133 Å².